The molecule has 134 valence electrons. The van der Waals surface area contributed by atoms with Gasteiger partial charge < -0.3 is 9.84 Å². The van der Waals surface area contributed by atoms with Crippen molar-refractivity contribution in [3.05, 3.63) is 83.9 Å². The topological polar surface area (TPSA) is 59.0 Å². The molecular formula is C21H21NO4. The molecule has 2 aromatic carbocycles. The van der Waals surface area contributed by atoms with Gasteiger partial charge in [-0.1, -0.05) is 72.8 Å². The smallest absolute Gasteiger partial charge is 0.280 e. The van der Waals surface area contributed by atoms with Gasteiger partial charge in [0, 0.05) is 5.92 Å². The number of hydrogen-bond donors (Lipinski definition) is 1. The van der Waals surface area contributed by atoms with Gasteiger partial charge in [-0.05, 0) is 11.1 Å². The zero-order chi connectivity index (χ0) is 17.9. The average molecular weight is 351 g/mol. The standard InChI is InChI=1S/C21H21NO4/c23-20(16-9-5-2-6-10-16)21(24)22-18-11-12-19(26-22)17(18)14-25-13-15-7-3-1-4-8-15/h1-12,17-20,23H,13-14H2/t17-,18-,19+,20+/m1/s1. The van der Waals surface area contributed by atoms with Crippen LogP contribution >= 0.6 is 0 Å². The van der Waals surface area contributed by atoms with Gasteiger partial charge in [0.25, 0.3) is 5.91 Å². The predicted octanol–water partition coefficient (Wildman–Crippen LogP) is 2.63. The van der Waals surface area contributed by atoms with Crippen LogP contribution in [0.25, 0.3) is 0 Å². The van der Waals surface area contributed by atoms with Crippen molar-refractivity contribution in [3.63, 3.8) is 0 Å². The summed E-state index contributed by atoms with van der Waals surface area (Å²) in [4.78, 5) is 18.4. The third kappa shape index (κ3) is 3.29. The van der Waals surface area contributed by atoms with E-state index in [-0.39, 0.29) is 18.1 Å². The van der Waals surface area contributed by atoms with Crippen molar-refractivity contribution in [2.75, 3.05) is 6.61 Å². The van der Waals surface area contributed by atoms with Crippen molar-refractivity contribution in [2.24, 2.45) is 5.92 Å². The average Bonchev–Trinajstić information content (AvgIpc) is 3.25. The lowest BCUT2D eigenvalue weighted by Gasteiger charge is -2.25. The predicted molar refractivity (Wildman–Crippen MR) is 95.6 cm³/mol. The van der Waals surface area contributed by atoms with Gasteiger partial charge in [0.1, 0.15) is 6.10 Å². The molecule has 2 aromatic rings. The maximum absolute atomic E-state index is 12.7. The third-order valence-electron chi connectivity index (χ3n) is 4.85. The molecule has 0 saturated carbocycles. The number of rotatable bonds is 6. The molecule has 1 aliphatic heterocycles. The molecule has 2 bridgehead atoms. The first-order chi connectivity index (χ1) is 12.7. The quantitative estimate of drug-likeness (QED) is 0.813. The van der Waals surface area contributed by atoms with Crippen molar-refractivity contribution < 1.29 is 19.5 Å². The van der Waals surface area contributed by atoms with Crippen LogP contribution in [0.15, 0.2) is 72.8 Å². The van der Waals surface area contributed by atoms with Crippen LogP contribution in [-0.2, 0) is 21.0 Å². The van der Waals surface area contributed by atoms with Crippen LogP contribution in [0, 0.1) is 5.92 Å². The molecule has 26 heavy (non-hydrogen) atoms. The second-order valence-electron chi connectivity index (χ2n) is 6.59. The summed E-state index contributed by atoms with van der Waals surface area (Å²) in [5, 5.41) is 11.7. The van der Waals surface area contributed by atoms with E-state index in [1.165, 1.54) is 5.06 Å². The highest BCUT2D eigenvalue weighted by Crippen LogP contribution is 2.37. The number of hydrogen-bond acceptors (Lipinski definition) is 4. The second-order valence-corrected chi connectivity index (χ2v) is 6.59. The first-order valence-corrected chi connectivity index (χ1v) is 8.77. The van der Waals surface area contributed by atoms with Gasteiger partial charge >= 0.3 is 0 Å². The fourth-order valence-corrected chi connectivity index (χ4v) is 3.45. The van der Waals surface area contributed by atoms with E-state index in [9.17, 15) is 9.90 Å². The Morgan fingerprint density at radius 1 is 1.08 bits per heavy atom. The number of ether oxygens (including phenoxy) is 1. The van der Waals surface area contributed by atoms with E-state index in [0.29, 0.717) is 18.8 Å². The van der Waals surface area contributed by atoms with Gasteiger partial charge in [-0.15, -0.1) is 0 Å². The Hall–Kier alpha value is -2.47. The number of hydroxylamine groups is 2. The largest absolute Gasteiger partial charge is 0.378 e. The number of carbonyl (C=O) groups excluding carboxylic acids is 1. The van der Waals surface area contributed by atoms with E-state index in [4.69, 9.17) is 9.57 Å². The van der Waals surface area contributed by atoms with Crippen LogP contribution in [0.4, 0.5) is 0 Å². The zero-order valence-corrected chi connectivity index (χ0v) is 14.3. The van der Waals surface area contributed by atoms with Crippen molar-refractivity contribution in [2.45, 2.75) is 24.9 Å². The summed E-state index contributed by atoms with van der Waals surface area (Å²) in [6.45, 7) is 1.01. The van der Waals surface area contributed by atoms with E-state index >= 15 is 0 Å². The molecule has 5 heteroatoms. The van der Waals surface area contributed by atoms with Gasteiger partial charge in [-0.25, -0.2) is 5.06 Å². The molecule has 4 atom stereocenters. The SMILES string of the molecule is O=C([C@@H](O)c1ccccc1)N1O[C@H]2C=C[C@@H]1[C@H]2COCc1ccccc1. The van der Waals surface area contributed by atoms with E-state index < -0.39 is 12.0 Å². The number of aliphatic hydroxyl groups is 1. The molecule has 1 heterocycles. The Morgan fingerprint density at radius 3 is 2.50 bits per heavy atom. The van der Waals surface area contributed by atoms with Crippen molar-refractivity contribution in [1.29, 1.82) is 0 Å². The zero-order valence-electron chi connectivity index (χ0n) is 14.3. The molecular weight excluding hydrogens is 330 g/mol. The van der Waals surface area contributed by atoms with Gasteiger partial charge in [-0.2, -0.15) is 0 Å². The van der Waals surface area contributed by atoms with Crippen LogP contribution < -0.4 is 0 Å². The first-order valence-electron chi connectivity index (χ1n) is 8.77. The van der Waals surface area contributed by atoms with Gasteiger partial charge in [0.05, 0.1) is 19.3 Å². The Balaban J connectivity index is 1.37. The molecule has 1 N–H and O–H groups in total. The summed E-state index contributed by atoms with van der Waals surface area (Å²) >= 11 is 0. The van der Waals surface area contributed by atoms with Gasteiger partial charge in [0.2, 0.25) is 0 Å². The Bertz CT molecular complexity index is 777. The first kappa shape index (κ1) is 17.0. The summed E-state index contributed by atoms with van der Waals surface area (Å²) in [5.74, 6) is -0.397. The Labute approximate surface area is 152 Å². The molecule has 4 rings (SSSR count). The minimum atomic E-state index is -1.23. The molecule has 0 spiro atoms. The fraction of sp³-hybridized carbons (Fsp3) is 0.286. The maximum atomic E-state index is 12.7. The van der Waals surface area contributed by atoms with Crippen LogP contribution in [0.2, 0.25) is 0 Å². The molecule has 5 nitrogen and oxygen atoms in total. The van der Waals surface area contributed by atoms with Crippen LogP contribution in [-0.4, -0.2) is 34.8 Å². The lowest BCUT2D eigenvalue weighted by molar-refractivity contribution is -0.192. The number of aliphatic hydroxyl groups excluding tert-OH is 1. The van der Waals surface area contributed by atoms with E-state index in [0.717, 1.165) is 5.56 Å². The highest BCUT2D eigenvalue weighted by atomic mass is 16.7. The van der Waals surface area contributed by atoms with Crippen molar-refractivity contribution >= 4 is 5.91 Å². The lowest BCUT2D eigenvalue weighted by Crippen LogP contribution is -2.39. The molecule has 1 fully saturated rings. The highest BCUT2D eigenvalue weighted by Gasteiger charge is 2.48. The van der Waals surface area contributed by atoms with Crippen LogP contribution in [0.3, 0.4) is 0 Å². The summed E-state index contributed by atoms with van der Waals surface area (Å²) in [6, 6.07) is 18.7. The van der Waals surface area contributed by atoms with E-state index in [1.54, 1.807) is 24.3 Å². The fourth-order valence-electron chi connectivity index (χ4n) is 3.45. The minimum absolute atomic E-state index is 0.0469. The number of nitrogens with zero attached hydrogens (tertiary/aromatic N) is 1. The third-order valence-corrected chi connectivity index (χ3v) is 4.85. The lowest BCUT2D eigenvalue weighted by atomic mass is 10.0. The van der Waals surface area contributed by atoms with E-state index in [1.807, 2.05) is 48.6 Å². The monoisotopic (exact) mass is 351 g/mol. The Morgan fingerprint density at radius 2 is 1.77 bits per heavy atom. The molecule has 0 unspecified atom stereocenters. The van der Waals surface area contributed by atoms with E-state index in [2.05, 4.69) is 0 Å². The normalized spacial score (nSPS) is 24.8. The van der Waals surface area contributed by atoms with Crippen LogP contribution in [0.5, 0.6) is 0 Å². The Kier molecular flexibility index (Phi) is 4.84. The van der Waals surface area contributed by atoms with Crippen molar-refractivity contribution in [3.8, 4) is 0 Å². The van der Waals surface area contributed by atoms with Crippen molar-refractivity contribution in [1.82, 2.24) is 5.06 Å². The molecule has 1 amide bonds. The van der Waals surface area contributed by atoms with Crippen LogP contribution in [0.1, 0.15) is 17.2 Å². The molecule has 1 aliphatic carbocycles. The highest BCUT2D eigenvalue weighted by molar-refractivity contribution is 5.82. The second kappa shape index (κ2) is 7.41. The minimum Gasteiger partial charge on any atom is -0.378 e. The van der Waals surface area contributed by atoms with Gasteiger partial charge in [0.15, 0.2) is 6.10 Å². The number of carbonyl (C=O) groups is 1. The van der Waals surface area contributed by atoms with Gasteiger partial charge in [-0.3, -0.25) is 9.63 Å². The molecule has 0 radical (unpaired) electrons. The number of amides is 1. The molecule has 2 aliphatic rings. The summed E-state index contributed by atoms with van der Waals surface area (Å²) in [7, 11) is 0. The number of fused-ring (bicyclic) bond motifs is 2. The summed E-state index contributed by atoms with van der Waals surface area (Å²) < 4.78 is 5.84. The maximum Gasteiger partial charge on any atom is 0.280 e. The summed E-state index contributed by atoms with van der Waals surface area (Å²) in [5.41, 5.74) is 1.67. The molecule has 1 saturated heterocycles. The molecule has 0 aromatic heterocycles. The summed E-state index contributed by atoms with van der Waals surface area (Å²) in [6.07, 6.45) is 2.50. The number of benzene rings is 2.